The Morgan fingerprint density at radius 1 is 1.41 bits per heavy atom. The zero-order chi connectivity index (χ0) is 16.4. The summed E-state index contributed by atoms with van der Waals surface area (Å²) in [4.78, 5) is 12.0. The highest BCUT2D eigenvalue weighted by atomic mass is 19.3. The van der Waals surface area contributed by atoms with Gasteiger partial charge in [-0.1, -0.05) is 6.07 Å². The van der Waals surface area contributed by atoms with Crippen molar-refractivity contribution in [3.63, 3.8) is 0 Å². The summed E-state index contributed by atoms with van der Waals surface area (Å²) in [6.45, 7) is 0.135. The van der Waals surface area contributed by atoms with Gasteiger partial charge in [0.1, 0.15) is 11.4 Å². The summed E-state index contributed by atoms with van der Waals surface area (Å²) in [6, 6.07) is 3.60. The second-order valence-electron chi connectivity index (χ2n) is 4.73. The number of hydrogen-bond donors (Lipinski definition) is 2. The number of aromatic hydroxyl groups is 1. The third kappa shape index (κ3) is 3.05. The highest BCUT2D eigenvalue weighted by Crippen LogP contribution is 2.26. The van der Waals surface area contributed by atoms with Crippen LogP contribution in [0.25, 0.3) is 0 Å². The van der Waals surface area contributed by atoms with Gasteiger partial charge in [-0.15, -0.1) is 0 Å². The number of benzene rings is 1. The number of alkyl halides is 2. The second-order valence-corrected chi connectivity index (χ2v) is 4.73. The Bertz CT molecular complexity index is 693. The van der Waals surface area contributed by atoms with E-state index in [-0.39, 0.29) is 17.8 Å². The molecule has 1 aromatic heterocycles. The van der Waals surface area contributed by atoms with E-state index in [2.05, 4.69) is 10.4 Å². The molecule has 2 N–H and O–H groups in total. The van der Waals surface area contributed by atoms with Crippen LogP contribution in [0, 0.1) is 19.7 Å². The first-order valence-corrected chi connectivity index (χ1v) is 6.41. The van der Waals surface area contributed by atoms with Gasteiger partial charge in [-0.2, -0.15) is 13.9 Å². The predicted molar refractivity (Wildman–Crippen MR) is 73.4 cm³/mol. The van der Waals surface area contributed by atoms with Gasteiger partial charge >= 0.3 is 6.55 Å². The number of phenols is 1. The molecule has 0 aliphatic rings. The van der Waals surface area contributed by atoms with Gasteiger partial charge in [-0.05, 0) is 26.0 Å². The minimum Gasteiger partial charge on any atom is -0.506 e. The molecule has 1 amide bonds. The SMILES string of the molecule is Cc1nn(C(F)F)c(C)c1CC(=O)Nc1c(O)cccc1F. The number of para-hydroxylation sites is 1. The maximum absolute atomic E-state index is 13.5. The van der Waals surface area contributed by atoms with E-state index >= 15 is 0 Å². The molecule has 8 heteroatoms. The van der Waals surface area contributed by atoms with Crippen LogP contribution in [0.4, 0.5) is 18.9 Å². The topological polar surface area (TPSA) is 67.2 Å². The van der Waals surface area contributed by atoms with E-state index in [1.807, 2.05) is 0 Å². The maximum Gasteiger partial charge on any atom is 0.333 e. The molecule has 0 fully saturated rings. The van der Waals surface area contributed by atoms with Crippen molar-refractivity contribution in [1.29, 1.82) is 0 Å². The van der Waals surface area contributed by atoms with Crippen molar-refractivity contribution < 1.29 is 23.1 Å². The summed E-state index contributed by atoms with van der Waals surface area (Å²) in [5, 5.41) is 15.4. The van der Waals surface area contributed by atoms with Crippen LogP contribution in [-0.2, 0) is 11.2 Å². The van der Waals surface area contributed by atoms with Crippen LogP contribution in [0.3, 0.4) is 0 Å². The molecule has 22 heavy (non-hydrogen) atoms. The zero-order valence-electron chi connectivity index (χ0n) is 11.9. The standard InChI is InChI=1S/C14H14F3N3O2/c1-7-9(8(2)20(19-7)14(16)17)6-12(22)18-13-10(15)4-3-5-11(13)21/h3-5,14,21H,6H2,1-2H3,(H,18,22). The quantitative estimate of drug-likeness (QED) is 0.853. The van der Waals surface area contributed by atoms with E-state index in [1.165, 1.54) is 26.0 Å². The summed E-state index contributed by atoms with van der Waals surface area (Å²) in [6.07, 6.45) is -0.252. The second kappa shape index (κ2) is 6.08. The Balaban J connectivity index is 2.20. The number of aryl methyl sites for hydroxylation is 1. The number of rotatable bonds is 4. The number of amides is 1. The Labute approximate surface area is 124 Å². The van der Waals surface area contributed by atoms with Gasteiger partial charge in [0.15, 0.2) is 5.82 Å². The van der Waals surface area contributed by atoms with E-state index in [0.717, 1.165) is 6.07 Å². The molecule has 2 rings (SSSR count). The number of anilines is 1. The van der Waals surface area contributed by atoms with Gasteiger partial charge in [0.2, 0.25) is 5.91 Å². The van der Waals surface area contributed by atoms with Crippen molar-refractivity contribution in [2.75, 3.05) is 5.32 Å². The number of nitrogens with one attached hydrogen (secondary N) is 1. The van der Waals surface area contributed by atoms with Crippen LogP contribution in [0.2, 0.25) is 0 Å². The number of nitrogens with zero attached hydrogens (tertiary/aromatic N) is 2. The monoisotopic (exact) mass is 313 g/mol. The van der Waals surface area contributed by atoms with Gasteiger partial charge in [0.25, 0.3) is 0 Å². The minimum atomic E-state index is -2.80. The maximum atomic E-state index is 13.5. The van der Waals surface area contributed by atoms with Crippen molar-refractivity contribution in [1.82, 2.24) is 9.78 Å². The molecule has 118 valence electrons. The van der Waals surface area contributed by atoms with Gasteiger partial charge in [0.05, 0.1) is 12.1 Å². The number of hydrogen-bond acceptors (Lipinski definition) is 3. The van der Waals surface area contributed by atoms with E-state index in [1.54, 1.807) is 0 Å². The number of carbonyl (C=O) groups is 1. The lowest BCUT2D eigenvalue weighted by molar-refractivity contribution is -0.115. The van der Waals surface area contributed by atoms with Crippen LogP contribution in [-0.4, -0.2) is 20.8 Å². The molecule has 0 unspecified atom stereocenters. The highest BCUT2D eigenvalue weighted by Gasteiger charge is 2.20. The summed E-state index contributed by atoms with van der Waals surface area (Å²) in [5.74, 6) is -1.84. The van der Waals surface area contributed by atoms with Crippen LogP contribution >= 0.6 is 0 Å². The minimum absolute atomic E-state index is 0.167. The van der Waals surface area contributed by atoms with Gasteiger partial charge in [0, 0.05) is 11.3 Å². The van der Waals surface area contributed by atoms with Gasteiger partial charge in [-0.25, -0.2) is 9.07 Å². The fraction of sp³-hybridized carbons (Fsp3) is 0.286. The number of aromatic nitrogens is 2. The summed E-state index contributed by atoms with van der Waals surface area (Å²) in [5.41, 5.74) is 0.462. The van der Waals surface area contributed by atoms with Crippen molar-refractivity contribution in [2.45, 2.75) is 26.8 Å². The molecule has 2 aromatic rings. The van der Waals surface area contributed by atoms with E-state index in [0.29, 0.717) is 15.9 Å². The number of halogens is 3. The van der Waals surface area contributed by atoms with E-state index < -0.39 is 24.0 Å². The number of carbonyl (C=O) groups excluding carboxylic acids is 1. The first-order chi connectivity index (χ1) is 10.3. The number of phenolic OH excluding ortho intramolecular Hbond substituents is 1. The normalized spacial score (nSPS) is 11.0. The summed E-state index contributed by atoms with van der Waals surface area (Å²) >= 11 is 0. The average Bonchev–Trinajstić information content (AvgIpc) is 2.71. The van der Waals surface area contributed by atoms with Crippen molar-refractivity contribution in [3.8, 4) is 5.75 Å². The first-order valence-electron chi connectivity index (χ1n) is 6.41. The molecule has 0 aliphatic carbocycles. The van der Waals surface area contributed by atoms with Crippen molar-refractivity contribution in [2.24, 2.45) is 0 Å². The average molecular weight is 313 g/mol. The lowest BCUT2D eigenvalue weighted by Gasteiger charge is -2.08. The zero-order valence-corrected chi connectivity index (χ0v) is 11.9. The molecule has 0 bridgehead atoms. The highest BCUT2D eigenvalue weighted by molar-refractivity contribution is 5.94. The lowest BCUT2D eigenvalue weighted by atomic mass is 10.1. The predicted octanol–water partition coefficient (Wildman–Crippen LogP) is 2.92. The van der Waals surface area contributed by atoms with Crippen molar-refractivity contribution in [3.05, 3.63) is 41.0 Å². The fourth-order valence-corrected chi connectivity index (χ4v) is 2.12. The van der Waals surface area contributed by atoms with Crippen LogP contribution in [0.1, 0.15) is 23.5 Å². The van der Waals surface area contributed by atoms with Crippen LogP contribution in [0.15, 0.2) is 18.2 Å². The molecule has 0 saturated heterocycles. The Morgan fingerprint density at radius 2 is 2.09 bits per heavy atom. The summed E-state index contributed by atoms with van der Waals surface area (Å²) < 4.78 is 39.5. The largest absolute Gasteiger partial charge is 0.506 e. The molecule has 0 saturated carbocycles. The van der Waals surface area contributed by atoms with Crippen LogP contribution in [0.5, 0.6) is 5.75 Å². The molecule has 0 atom stereocenters. The van der Waals surface area contributed by atoms with Crippen molar-refractivity contribution >= 4 is 11.6 Å². The molecular weight excluding hydrogens is 299 g/mol. The van der Waals surface area contributed by atoms with E-state index in [4.69, 9.17) is 0 Å². The Morgan fingerprint density at radius 3 is 2.64 bits per heavy atom. The molecule has 1 aromatic carbocycles. The lowest BCUT2D eigenvalue weighted by Crippen LogP contribution is -2.16. The van der Waals surface area contributed by atoms with Crippen LogP contribution < -0.4 is 5.32 Å². The fourth-order valence-electron chi connectivity index (χ4n) is 2.12. The first kappa shape index (κ1) is 15.9. The molecule has 0 aliphatic heterocycles. The third-order valence-corrected chi connectivity index (χ3v) is 3.25. The smallest absolute Gasteiger partial charge is 0.333 e. The van der Waals surface area contributed by atoms with E-state index in [9.17, 15) is 23.1 Å². The van der Waals surface area contributed by atoms with Gasteiger partial charge < -0.3 is 10.4 Å². The van der Waals surface area contributed by atoms with Gasteiger partial charge in [-0.3, -0.25) is 4.79 Å². The summed E-state index contributed by atoms with van der Waals surface area (Å²) in [7, 11) is 0. The molecule has 1 heterocycles. The molecule has 0 spiro atoms. The molecule has 0 radical (unpaired) electrons. The Kier molecular flexibility index (Phi) is 4.39. The third-order valence-electron chi connectivity index (χ3n) is 3.25. The molecular formula is C14H14F3N3O2. The Hall–Kier alpha value is -2.51. The molecule has 5 nitrogen and oxygen atoms in total.